The number of thiazole rings is 1. The molecule has 0 radical (unpaired) electrons. The largest absolute Gasteiger partial charge is 0.312 e. The van der Waals surface area contributed by atoms with E-state index in [0.29, 0.717) is 6.04 Å². The van der Waals surface area contributed by atoms with Gasteiger partial charge in [-0.2, -0.15) is 0 Å². The van der Waals surface area contributed by atoms with Gasteiger partial charge in [0.15, 0.2) is 0 Å². The number of aromatic nitrogens is 1. The first-order valence-corrected chi connectivity index (χ1v) is 7.40. The maximum absolute atomic E-state index is 6.04. The second kappa shape index (κ2) is 5.00. The van der Waals surface area contributed by atoms with Gasteiger partial charge in [0.1, 0.15) is 5.01 Å². The Morgan fingerprint density at radius 2 is 2.33 bits per heavy atom. The van der Waals surface area contributed by atoms with Crippen LogP contribution in [-0.2, 0) is 6.42 Å². The third-order valence-corrected chi connectivity index (χ3v) is 4.87. The Labute approximate surface area is 116 Å². The number of hydrogen-bond acceptors (Lipinski definition) is 3. The van der Waals surface area contributed by atoms with Crippen LogP contribution in [0.1, 0.15) is 29.5 Å². The van der Waals surface area contributed by atoms with E-state index in [1.54, 1.807) is 11.3 Å². The van der Waals surface area contributed by atoms with Crippen LogP contribution < -0.4 is 5.32 Å². The van der Waals surface area contributed by atoms with Crippen molar-refractivity contribution < 1.29 is 0 Å². The number of aryl methyl sites for hydroxylation is 1. The van der Waals surface area contributed by atoms with Crippen molar-refractivity contribution in [3.05, 3.63) is 39.9 Å². The number of fused-ring (bicyclic) bond motifs is 1. The first-order chi connectivity index (χ1) is 8.78. The molecule has 1 N–H and O–H groups in total. The van der Waals surface area contributed by atoms with Crippen molar-refractivity contribution in [2.45, 2.75) is 25.3 Å². The van der Waals surface area contributed by atoms with Crippen molar-refractivity contribution in [3.8, 4) is 10.6 Å². The Kier molecular flexibility index (Phi) is 3.37. The van der Waals surface area contributed by atoms with Crippen LogP contribution in [0, 0.1) is 0 Å². The molecule has 1 aromatic heterocycles. The zero-order valence-electron chi connectivity index (χ0n) is 10.2. The van der Waals surface area contributed by atoms with Gasteiger partial charge >= 0.3 is 0 Å². The third-order valence-electron chi connectivity index (χ3n) is 3.37. The second-order valence-corrected chi connectivity index (χ2v) is 6.04. The summed E-state index contributed by atoms with van der Waals surface area (Å²) in [7, 11) is 2.03. The van der Waals surface area contributed by atoms with Crippen molar-refractivity contribution in [3.63, 3.8) is 0 Å². The number of nitrogens with one attached hydrogen (secondary N) is 1. The molecule has 1 aliphatic carbocycles. The molecular formula is C14H15ClN2S. The predicted octanol–water partition coefficient (Wildman–Crippen LogP) is 4.06. The minimum atomic E-state index is 0.471. The summed E-state index contributed by atoms with van der Waals surface area (Å²) in [6.45, 7) is 0. The molecule has 1 aliphatic rings. The van der Waals surface area contributed by atoms with E-state index in [2.05, 4.69) is 11.4 Å². The smallest absolute Gasteiger partial charge is 0.123 e. The standard InChI is InChI=1S/C14H15ClN2S/c1-16-11-6-3-7-12-13(11)18-14(17-12)9-4-2-5-10(15)8-9/h2,4-5,8,11,16H,3,6-7H2,1H3. The fourth-order valence-corrected chi connectivity index (χ4v) is 3.88. The monoisotopic (exact) mass is 278 g/mol. The van der Waals surface area contributed by atoms with Gasteiger partial charge in [-0.25, -0.2) is 4.98 Å². The number of rotatable bonds is 2. The van der Waals surface area contributed by atoms with Gasteiger partial charge in [-0.3, -0.25) is 0 Å². The van der Waals surface area contributed by atoms with E-state index < -0.39 is 0 Å². The summed E-state index contributed by atoms with van der Waals surface area (Å²) in [6.07, 6.45) is 3.53. The molecule has 4 heteroatoms. The second-order valence-electron chi connectivity index (χ2n) is 4.57. The van der Waals surface area contributed by atoms with Gasteiger partial charge in [0.25, 0.3) is 0 Å². The van der Waals surface area contributed by atoms with Gasteiger partial charge in [-0.1, -0.05) is 23.7 Å². The molecule has 1 atom stereocenters. The molecule has 0 bridgehead atoms. The zero-order chi connectivity index (χ0) is 12.5. The van der Waals surface area contributed by atoms with Crippen LogP contribution in [0.5, 0.6) is 0 Å². The molecule has 0 fully saturated rings. The lowest BCUT2D eigenvalue weighted by molar-refractivity contribution is 0.501. The van der Waals surface area contributed by atoms with E-state index in [4.69, 9.17) is 16.6 Å². The normalized spacial score (nSPS) is 18.7. The van der Waals surface area contributed by atoms with Gasteiger partial charge in [0, 0.05) is 21.5 Å². The van der Waals surface area contributed by atoms with Crippen LogP contribution in [0.2, 0.25) is 5.02 Å². The summed E-state index contributed by atoms with van der Waals surface area (Å²) >= 11 is 7.84. The first kappa shape index (κ1) is 12.2. The van der Waals surface area contributed by atoms with E-state index in [1.807, 2.05) is 25.2 Å². The number of halogens is 1. The summed E-state index contributed by atoms with van der Waals surface area (Å²) < 4.78 is 0. The molecule has 0 saturated heterocycles. The SMILES string of the molecule is CNC1CCCc2nc(-c3cccc(Cl)c3)sc21. The van der Waals surface area contributed by atoms with Crippen LogP contribution in [0.3, 0.4) is 0 Å². The molecule has 1 aromatic carbocycles. The maximum atomic E-state index is 6.04. The van der Waals surface area contributed by atoms with E-state index in [0.717, 1.165) is 22.0 Å². The fraction of sp³-hybridized carbons (Fsp3) is 0.357. The van der Waals surface area contributed by atoms with Crippen molar-refractivity contribution in [1.29, 1.82) is 0 Å². The molecule has 18 heavy (non-hydrogen) atoms. The van der Waals surface area contributed by atoms with Crippen molar-refractivity contribution in [2.24, 2.45) is 0 Å². The number of nitrogens with zero attached hydrogens (tertiary/aromatic N) is 1. The molecule has 2 aromatic rings. The van der Waals surface area contributed by atoms with Gasteiger partial charge < -0.3 is 5.32 Å². The van der Waals surface area contributed by atoms with Crippen molar-refractivity contribution >= 4 is 22.9 Å². The minimum absolute atomic E-state index is 0.471. The third kappa shape index (κ3) is 2.18. The Bertz CT molecular complexity index is 565. The highest BCUT2D eigenvalue weighted by molar-refractivity contribution is 7.15. The van der Waals surface area contributed by atoms with Gasteiger partial charge in [-0.05, 0) is 38.4 Å². The molecule has 2 nitrogen and oxygen atoms in total. The molecule has 94 valence electrons. The lowest BCUT2D eigenvalue weighted by Crippen LogP contribution is -2.19. The predicted molar refractivity (Wildman–Crippen MR) is 77.3 cm³/mol. The first-order valence-electron chi connectivity index (χ1n) is 6.20. The highest BCUT2D eigenvalue weighted by Gasteiger charge is 2.23. The van der Waals surface area contributed by atoms with E-state index in [9.17, 15) is 0 Å². The maximum Gasteiger partial charge on any atom is 0.123 e. The fourth-order valence-electron chi connectivity index (χ4n) is 2.44. The van der Waals surface area contributed by atoms with Gasteiger partial charge in [-0.15, -0.1) is 11.3 Å². The summed E-state index contributed by atoms with van der Waals surface area (Å²) in [5.41, 5.74) is 2.39. The average Bonchev–Trinajstić information content (AvgIpc) is 2.82. The Balaban J connectivity index is 2.02. The molecule has 1 heterocycles. The van der Waals surface area contributed by atoms with Crippen LogP contribution in [0.15, 0.2) is 24.3 Å². The Morgan fingerprint density at radius 3 is 3.11 bits per heavy atom. The summed E-state index contributed by atoms with van der Waals surface area (Å²) in [4.78, 5) is 6.18. The van der Waals surface area contributed by atoms with Crippen LogP contribution >= 0.6 is 22.9 Å². The van der Waals surface area contributed by atoms with E-state index >= 15 is 0 Å². The lowest BCUT2D eigenvalue weighted by atomic mass is 9.98. The number of benzene rings is 1. The van der Waals surface area contributed by atoms with Gasteiger partial charge in [0.2, 0.25) is 0 Å². The highest BCUT2D eigenvalue weighted by atomic mass is 35.5. The molecule has 0 spiro atoms. The van der Waals surface area contributed by atoms with Crippen LogP contribution in [0.25, 0.3) is 10.6 Å². The summed E-state index contributed by atoms with van der Waals surface area (Å²) in [6, 6.07) is 8.41. The lowest BCUT2D eigenvalue weighted by Gasteiger charge is -2.19. The molecule has 3 rings (SSSR count). The van der Waals surface area contributed by atoms with E-state index in [-0.39, 0.29) is 0 Å². The zero-order valence-corrected chi connectivity index (χ0v) is 11.8. The van der Waals surface area contributed by atoms with Crippen molar-refractivity contribution in [2.75, 3.05) is 7.05 Å². The van der Waals surface area contributed by atoms with E-state index in [1.165, 1.54) is 23.4 Å². The molecule has 0 amide bonds. The average molecular weight is 279 g/mol. The molecule has 1 unspecified atom stereocenters. The molecule has 0 aliphatic heterocycles. The minimum Gasteiger partial charge on any atom is -0.312 e. The molecule has 0 saturated carbocycles. The Morgan fingerprint density at radius 1 is 1.44 bits per heavy atom. The van der Waals surface area contributed by atoms with Crippen LogP contribution in [0.4, 0.5) is 0 Å². The topological polar surface area (TPSA) is 24.9 Å². The van der Waals surface area contributed by atoms with Gasteiger partial charge in [0.05, 0.1) is 5.69 Å². The highest BCUT2D eigenvalue weighted by Crippen LogP contribution is 2.38. The molecular weight excluding hydrogens is 264 g/mol. The van der Waals surface area contributed by atoms with Crippen LogP contribution in [-0.4, -0.2) is 12.0 Å². The Hall–Kier alpha value is -0.900. The summed E-state index contributed by atoms with van der Waals surface area (Å²) in [5.74, 6) is 0. The quantitative estimate of drug-likeness (QED) is 0.896. The summed E-state index contributed by atoms with van der Waals surface area (Å²) in [5, 5.41) is 5.24. The number of hydrogen-bond donors (Lipinski definition) is 1. The van der Waals surface area contributed by atoms with Crippen molar-refractivity contribution in [1.82, 2.24) is 10.3 Å².